The zero-order valence-corrected chi connectivity index (χ0v) is 17.9. The number of hydrogen-bond donors (Lipinski definition) is 2. The molecule has 0 aliphatic heterocycles. The first-order valence-corrected chi connectivity index (χ1v) is 10.6. The number of aromatic nitrogens is 1. The highest BCUT2D eigenvalue weighted by molar-refractivity contribution is 7.09. The maximum atomic E-state index is 12.8. The Labute approximate surface area is 180 Å². The van der Waals surface area contributed by atoms with Crippen LogP contribution >= 0.6 is 11.3 Å². The summed E-state index contributed by atoms with van der Waals surface area (Å²) in [5.74, 6) is 0.110. The van der Waals surface area contributed by atoms with Gasteiger partial charge in [0.05, 0.1) is 7.11 Å². The highest BCUT2D eigenvalue weighted by Crippen LogP contribution is 2.19. The fourth-order valence-electron chi connectivity index (χ4n) is 3.02. The van der Waals surface area contributed by atoms with Gasteiger partial charge in [0, 0.05) is 41.7 Å². The van der Waals surface area contributed by atoms with Gasteiger partial charge in [0.2, 0.25) is 5.91 Å². The molecule has 0 bridgehead atoms. The molecule has 2 aromatic heterocycles. The summed E-state index contributed by atoms with van der Waals surface area (Å²) in [7, 11) is 1.57. The smallest absolute Gasteiger partial charge is 0.252 e. The lowest BCUT2D eigenvalue weighted by molar-refractivity contribution is -0.122. The van der Waals surface area contributed by atoms with Crippen LogP contribution in [0.2, 0.25) is 0 Å². The van der Waals surface area contributed by atoms with Gasteiger partial charge in [-0.05, 0) is 48.2 Å². The van der Waals surface area contributed by atoms with Gasteiger partial charge in [0.1, 0.15) is 11.8 Å². The van der Waals surface area contributed by atoms with Gasteiger partial charge < -0.3 is 15.4 Å². The number of rotatable bonds is 9. The van der Waals surface area contributed by atoms with E-state index in [1.165, 1.54) is 0 Å². The number of benzene rings is 1. The molecule has 0 saturated heterocycles. The number of pyridine rings is 1. The number of nitrogens with one attached hydrogen (secondary N) is 2. The minimum absolute atomic E-state index is 0.216. The molecule has 0 aliphatic rings. The zero-order valence-electron chi connectivity index (χ0n) is 17.1. The summed E-state index contributed by atoms with van der Waals surface area (Å²) in [6.07, 6.45) is 2.79. The summed E-state index contributed by atoms with van der Waals surface area (Å²) in [6.45, 7) is 2.36. The molecule has 2 N–H and O–H groups in total. The lowest BCUT2D eigenvalue weighted by Crippen LogP contribution is -2.48. The second-order valence-corrected chi connectivity index (χ2v) is 7.89. The molecule has 3 rings (SSSR count). The molecule has 2 heterocycles. The van der Waals surface area contributed by atoms with Crippen LogP contribution in [-0.4, -0.2) is 36.5 Å². The number of hydrogen-bond acceptors (Lipinski definition) is 5. The third kappa shape index (κ3) is 5.90. The summed E-state index contributed by atoms with van der Waals surface area (Å²) in [5.41, 5.74) is 2.30. The van der Waals surface area contributed by atoms with Gasteiger partial charge in [-0.2, -0.15) is 0 Å². The van der Waals surface area contributed by atoms with Crippen LogP contribution in [0.3, 0.4) is 0 Å². The van der Waals surface area contributed by atoms with Crippen molar-refractivity contribution in [2.75, 3.05) is 13.7 Å². The molecule has 0 saturated carbocycles. The quantitative estimate of drug-likeness (QED) is 0.554. The fraction of sp³-hybridized carbons (Fsp3) is 0.261. The Morgan fingerprint density at radius 3 is 2.73 bits per heavy atom. The first kappa shape index (κ1) is 21.5. The van der Waals surface area contributed by atoms with Gasteiger partial charge in [-0.15, -0.1) is 11.3 Å². The van der Waals surface area contributed by atoms with Crippen molar-refractivity contribution in [2.45, 2.75) is 25.8 Å². The van der Waals surface area contributed by atoms with Crippen LogP contribution in [0, 0.1) is 6.92 Å². The summed E-state index contributed by atoms with van der Waals surface area (Å²) >= 11 is 1.56. The second kappa shape index (κ2) is 10.5. The Hall–Kier alpha value is -3.19. The molecule has 2 amide bonds. The molecule has 0 spiro atoms. The molecular weight excluding hydrogens is 398 g/mol. The predicted octanol–water partition coefficient (Wildman–Crippen LogP) is 3.16. The molecule has 1 atom stereocenters. The van der Waals surface area contributed by atoms with Crippen molar-refractivity contribution in [3.63, 3.8) is 0 Å². The number of nitrogens with zero attached hydrogens (tertiary/aromatic N) is 1. The number of thiophene rings is 1. The summed E-state index contributed by atoms with van der Waals surface area (Å²) < 4.78 is 5.31. The van der Waals surface area contributed by atoms with E-state index < -0.39 is 6.04 Å². The Balaban J connectivity index is 1.66. The van der Waals surface area contributed by atoms with E-state index in [0.29, 0.717) is 30.7 Å². The zero-order chi connectivity index (χ0) is 21.3. The van der Waals surface area contributed by atoms with Crippen LogP contribution in [0.1, 0.15) is 26.5 Å². The molecule has 0 unspecified atom stereocenters. The van der Waals surface area contributed by atoms with E-state index in [-0.39, 0.29) is 11.8 Å². The average Bonchev–Trinajstić information content (AvgIpc) is 3.27. The first-order chi connectivity index (χ1) is 14.6. The second-order valence-electron chi connectivity index (χ2n) is 6.86. The number of carbonyl (C=O) groups is 2. The topological polar surface area (TPSA) is 80.3 Å². The maximum absolute atomic E-state index is 12.8. The van der Waals surface area contributed by atoms with Gasteiger partial charge in [0.15, 0.2) is 0 Å². The van der Waals surface area contributed by atoms with Crippen molar-refractivity contribution in [1.82, 2.24) is 15.6 Å². The fourth-order valence-corrected chi connectivity index (χ4v) is 3.78. The minimum Gasteiger partial charge on any atom is -0.496 e. The highest BCUT2D eigenvalue weighted by atomic mass is 32.1. The molecular formula is C23H25N3O3S. The van der Waals surface area contributed by atoms with Crippen LogP contribution in [0.5, 0.6) is 5.75 Å². The number of carbonyl (C=O) groups excluding carboxylic acids is 2. The Kier molecular flexibility index (Phi) is 7.57. The van der Waals surface area contributed by atoms with E-state index in [4.69, 9.17) is 4.74 Å². The van der Waals surface area contributed by atoms with E-state index in [0.717, 1.165) is 16.1 Å². The van der Waals surface area contributed by atoms with Gasteiger partial charge in [-0.1, -0.05) is 18.2 Å². The molecule has 3 aromatic rings. The summed E-state index contributed by atoms with van der Waals surface area (Å²) in [6, 6.07) is 14.2. The number of amides is 2. The largest absolute Gasteiger partial charge is 0.496 e. The van der Waals surface area contributed by atoms with Gasteiger partial charge in [-0.3, -0.25) is 14.6 Å². The predicted molar refractivity (Wildman–Crippen MR) is 118 cm³/mol. The molecule has 156 valence electrons. The van der Waals surface area contributed by atoms with Crippen LogP contribution in [0.15, 0.2) is 60.1 Å². The SMILES string of the molecule is COc1cc(C(=O)N[C@H](Cc2cccs2)C(=O)NCCc2ccccn2)ccc1C. The first-order valence-electron chi connectivity index (χ1n) is 9.72. The third-order valence-electron chi connectivity index (χ3n) is 4.68. The lowest BCUT2D eigenvalue weighted by atomic mass is 10.1. The number of methoxy groups -OCH3 is 1. The number of ether oxygens (including phenoxy) is 1. The van der Waals surface area contributed by atoms with Crippen molar-refractivity contribution in [3.05, 3.63) is 81.8 Å². The minimum atomic E-state index is -0.674. The van der Waals surface area contributed by atoms with Crippen LogP contribution < -0.4 is 15.4 Å². The third-order valence-corrected chi connectivity index (χ3v) is 5.58. The Bertz CT molecular complexity index is 975. The van der Waals surface area contributed by atoms with E-state index in [9.17, 15) is 9.59 Å². The lowest BCUT2D eigenvalue weighted by Gasteiger charge is -2.18. The van der Waals surface area contributed by atoms with Crippen LogP contribution in [-0.2, 0) is 17.6 Å². The van der Waals surface area contributed by atoms with Gasteiger partial charge >= 0.3 is 0 Å². The van der Waals surface area contributed by atoms with Gasteiger partial charge in [-0.25, -0.2) is 0 Å². The van der Waals surface area contributed by atoms with Crippen molar-refractivity contribution in [3.8, 4) is 5.75 Å². The standard InChI is InChI=1S/C23H25N3O3S/c1-16-8-9-17(14-21(16)29-2)22(27)26-20(15-19-7-5-13-30-19)23(28)25-12-10-18-6-3-4-11-24-18/h3-9,11,13-14,20H,10,12,15H2,1-2H3,(H,25,28)(H,26,27)/t20-/m1/s1. The average molecular weight is 424 g/mol. The van der Waals surface area contributed by atoms with E-state index in [2.05, 4.69) is 15.6 Å². The van der Waals surface area contributed by atoms with E-state index in [1.807, 2.05) is 48.7 Å². The maximum Gasteiger partial charge on any atom is 0.252 e. The van der Waals surface area contributed by atoms with Crippen molar-refractivity contribution < 1.29 is 14.3 Å². The van der Waals surface area contributed by atoms with E-state index in [1.54, 1.807) is 36.8 Å². The molecule has 0 radical (unpaired) electrons. The summed E-state index contributed by atoms with van der Waals surface area (Å²) in [4.78, 5) is 30.9. The van der Waals surface area contributed by atoms with Crippen LogP contribution in [0.4, 0.5) is 0 Å². The molecule has 7 heteroatoms. The summed E-state index contributed by atoms with van der Waals surface area (Å²) in [5, 5.41) is 7.75. The Morgan fingerprint density at radius 2 is 2.03 bits per heavy atom. The molecule has 30 heavy (non-hydrogen) atoms. The normalized spacial score (nSPS) is 11.5. The van der Waals surface area contributed by atoms with Crippen molar-refractivity contribution in [2.24, 2.45) is 0 Å². The molecule has 6 nitrogen and oxygen atoms in total. The van der Waals surface area contributed by atoms with Crippen LogP contribution in [0.25, 0.3) is 0 Å². The number of aryl methyl sites for hydroxylation is 1. The Morgan fingerprint density at radius 1 is 1.17 bits per heavy atom. The molecule has 0 fully saturated rings. The van der Waals surface area contributed by atoms with Gasteiger partial charge in [0.25, 0.3) is 5.91 Å². The highest BCUT2D eigenvalue weighted by Gasteiger charge is 2.22. The van der Waals surface area contributed by atoms with Crippen molar-refractivity contribution in [1.29, 1.82) is 0 Å². The van der Waals surface area contributed by atoms with Crippen molar-refractivity contribution >= 4 is 23.2 Å². The van der Waals surface area contributed by atoms with E-state index >= 15 is 0 Å². The molecule has 1 aromatic carbocycles. The molecule has 0 aliphatic carbocycles. The monoisotopic (exact) mass is 423 g/mol.